The van der Waals surface area contributed by atoms with Gasteiger partial charge >= 0.3 is 0 Å². The lowest BCUT2D eigenvalue weighted by molar-refractivity contribution is -0.116. The van der Waals surface area contributed by atoms with Gasteiger partial charge < -0.3 is 15.5 Å². The highest BCUT2D eigenvalue weighted by atomic mass is 16.1. The highest BCUT2D eigenvalue weighted by Crippen LogP contribution is 2.15. The molecule has 0 saturated carbocycles. The summed E-state index contributed by atoms with van der Waals surface area (Å²) in [4.78, 5) is 14.2. The van der Waals surface area contributed by atoms with Gasteiger partial charge in [-0.25, -0.2) is 0 Å². The van der Waals surface area contributed by atoms with Crippen molar-refractivity contribution in [1.82, 2.24) is 4.90 Å². The Bertz CT molecular complexity index is 431. The average Bonchev–Trinajstić information content (AvgIpc) is 2.44. The Kier molecular flexibility index (Phi) is 7.43. The van der Waals surface area contributed by atoms with Crippen molar-refractivity contribution >= 4 is 17.3 Å². The first-order chi connectivity index (χ1) is 9.69. The molecule has 2 N–H and O–H groups in total. The Hall–Kier alpha value is -1.81. The fourth-order valence-corrected chi connectivity index (χ4v) is 2.03. The van der Waals surface area contributed by atoms with Gasteiger partial charge in [-0.15, -0.1) is 0 Å². The van der Waals surface area contributed by atoms with Crippen molar-refractivity contribution in [2.75, 3.05) is 30.3 Å². The van der Waals surface area contributed by atoms with Crippen molar-refractivity contribution in [3.63, 3.8) is 0 Å². The van der Waals surface area contributed by atoms with Crippen molar-refractivity contribution in [2.24, 2.45) is 0 Å². The van der Waals surface area contributed by atoms with E-state index in [1.807, 2.05) is 24.3 Å². The molecule has 4 heteroatoms. The lowest BCUT2D eigenvalue weighted by Gasteiger charge is -2.18. The molecule has 0 heterocycles. The molecule has 1 amide bonds. The van der Waals surface area contributed by atoms with Crippen molar-refractivity contribution in [1.29, 1.82) is 0 Å². The zero-order chi connectivity index (χ0) is 14.8. The molecule has 0 aliphatic carbocycles. The minimum atomic E-state index is 0.0512. The standard InChI is InChI=1S/C16H25N3O/c1-4-11-19(6-3)12-10-16(20)18-15-9-7-8-14(13-15)17-5-2/h5,7-9,13,17H,2,4,6,10-12H2,1,3H3,(H,18,20). The second kappa shape index (κ2) is 9.15. The molecule has 1 aromatic carbocycles. The van der Waals surface area contributed by atoms with Gasteiger partial charge in [0.1, 0.15) is 0 Å². The third kappa shape index (κ3) is 5.89. The zero-order valence-electron chi connectivity index (χ0n) is 12.5. The van der Waals surface area contributed by atoms with Crippen LogP contribution in [0.3, 0.4) is 0 Å². The summed E-state index contributed by atoms with van der Waals surface area (Å²) in [6, 6.07) is 7.60. The number of nitrogens with one attached hydrogen (secondary N) is 2. The average molecular weight is 275 g/mol. The van der Waals surface area contributed by atoms with Crippen LogP contribution in [-0.4, -0.2) is 30.4 Å². The molecule has 4 nitrogen and oxygen atoms in total. The largest absolute Gasteiger partial charge is 0.362 e. The van der Waals surface area contributed by atoms with E-state index >= 15 is 0 Å². The Morgan fingerprint density at radius 1 is 1.30 bits per heavy atom. The van der Waals surface area contributed by atoms with Crippen molar-refractivity contribution in [3.8, 4) is 0 Å². The number of anilines is 2. The summed E-state index contributed by atoms with van der Waals surface area (Å²) in [6.07, 6.45) is 3.25. The topological polar surface area (TPSA) is 44.4 Å². The van der Waals surface area contributed by atoms with Crippen LogP contribution in [0.4, 0.5) is 11.4 Å². The van der Waals surface area contributed by atoms with Gasteiger partial charge in [0, 0.05) is 24.3 Å². The SMILES string of the molecule is C=CNc1cccc(NC(=O)CCN(CC)CCC)c1. The number of nitrogens with zero attached hydrogens (tertiary/aromatic N) is 1. The number of hydrogen-bond acceptors (Lipinski definition) is 3. The van der Waals surface area contributed by atoms with Crippen LogP contribution in [0.25, 0.3) is 0 Å². The van der Waals surface area contributed by atoms with Crippen LogP contribution >= 0.6 is 0 Å². The molecule has 0 aliphatic rings. The number of carbonyl (C=O) groups excluding carboxylic acids is 1. The van der Waals surface area contributed by atoms with E-state index in [9.17, 15) is 4.79 Å². The number of carbonyl (C=O) groups is 1. The number of rotatable bonds is 9. The van der Waals surface area contributed by atoms with Gasteiger partial charge in [-0.2, -0.15) is 0 Å². The Labute approximate surface area is 121 Å². The molecule has 0 fully saturated rings. The van der Waals surface area contributed by atoms with E-state index < -0.39 is 0 Å². The lowest BCUT2D eigenvalue weighted by Crippen LogP contribution is -2.28. The fraction of sp³-hybridized carbons (Fsp3) is 0.438. The van der Waals surface area contributed by atoms with Gasteiger partial charge in [0.2, 0.25) is 5.91 Å². The van der Waals surface area contributed by atoms with Crippen LogP contribution in [0.5, 0.6) is 0 Å². The van der Waals surface area contributed by atoms with Crippen molar-refractivity contribution < 1.29 is 4.79 Å². The third-order valence-corrected chi connectivity index (χ3v) is 3.06. The molecule has 1 aromatic rings. The molecule has 110 valence electrons. The third-order valence-electron chi connectivity index (χ3n) is 3.06. The predicted octanol–water partition coefficient (Wildman–Crippen LogP) is 3.30. The van der Waals surface area contributed by atoms with E-state index in [2.05, 4.69) is 36.0 Å². The summed E-state index contributed by atoms with van der Waals surface area (Å²) in [5.74, 6) is 0.0512. The minimum Gasteiger partial charge on any atom is -0.362 e. The molecule has 0 atom stereocenters. The number of hydrogen-bond donors (Lipinski definition) is 2. The maximum atomic E-state index is 11.9. The van der Waals surface area contributed by atoms with Crippen LogP contribution in [-0.2, 0) is 4.79 Å². The molecule has 0 bridgehead atoms. The van der Waals surface area contributed by atoms with Crippen LogP contribution in [0.15, 0.2) is 37.0 Å². The van der Waals surface area contributed by atoms with Gasteiger partial charge in [-0.3, -0.25) is 4.79 Å². The molecule has 20 heavy (non-hydrogen) atoms. The van der Waals surface area contributed by atoms with E-state index in [-0.39, 0.29) is 5.91 Å². The Balaban J connectivity index is 2.45. The molecule has 1 rings (SSSR count). The molecule has 0 saturated heterocycles. The van der Waals surface area contributed by atoms with E-state index in [0.717, 1.165) is 37.4 Å². The van der Waals surface area contributed by atoms with Crippen LogP contribution in [0, 0.1) is 0 Å². The van der Waals surface area contributed by atoms with E-state index in [4.69, 9.17) is 0 Å². The van der Waals surface area contributed by atoms with Gasteiger partial charge in [0.25, 0.3) is 0 Å². The molecule has 0 aliphatic heterocycles. The van der Waals surface area contributed by atoms with Gasteiger partial charge in [0.15, 0.2) is 0 Å². The fourth-order valence-electron chi connectivity index (χ4n) is 2.03. The summed E-state index contributed by atoms with van der Waals surface area (Å²) in [5.41, 5.74) is 1.72. The summed E-state index contributed by atoms with van der Waals surface area (Å²) in [6.45, 7) is 10.7. The Morgan fingerprint density at radius 3 is 2.70 bits per heavy atom. The molecular formula is C16H25N3O. The quantitative estimate of drug-likeness (QED) is 0.727. The molecule has 0 aromatic heterocycles. The summed E-state index contributed by atoms with van der Waals surface area (Å²) < 4.78 is 0. The maximum Gasteiger partial charge on any atom is 0.225 e. The normalized spacial score (nSPS) is 10.3. The number of amides is 1. The zero-order valence-corrected chi connectivity index (χ0v) is 12.5. The molecule has 0 unspecified atom stereocenters. The summed E-state index contributed by atoms with van der Waals surface area (Å²) in [5, 5.41) is 5.92. The van der Waals surface area contributed by atoms with E-state index in [1.54, 1.807) is 6.20 Å². The van der Waals surface area contributed by atoms with Gasteiger partial charge in [-0.05, 0) is 43.9 Å². The predicted molar refractivity (Wildman–Crippen MR) is 85.9 cm³/mol. The first-order valence-corrected chi connectivity index (χ1v) is 7.19. The Morgan fingerprint density at radius 2 is 2.05 bits per heavy atom. The second-order valence-corrected chi connectivity index (χ2v) is 4.66. The maximum absolute atomic E-state index is 11.9. The molecular weight excluding hydrogens is 250 g/mol. The lowest BCUT2D eigenvalue weighted by atomic mass is 10.2. The van der Waals surface area contributed by atoms with Gasteiger partial charge in [0.05, 0.1) is 0 Å². The van der Waals surface area contributed by atoms with Crippen molar-refractivity contribution in [3.05, 3.63) is 37.0 Å². The second-order valence-electron chi connectivity index (χ2n) is 4.66. The van der Waals surface area contributed by atoms with Crippen molar-refractivity contribution in [2.45, 2.75) is 26.7 Å². The van der Waals surface area contributed by atoms with Crippen LogP contribution < -0.4 is 10.6 Å². The first-order valence-electron chi connectivity index (χ1n) is 7.19. The van der Waals surface area contributed by atoms with E-state index in [1.165, 1.54) is 0 Å². The first kappa shape index (κ1) is 16.2. The summed E-state index contributed by atoms with van der Waals surface area (Å²) in [7, 11) is 0. The van der Waals surface area contributed by atoms with E-state index in [0.29, 0.717) is 6.42 Å². The summed E-state index contributed by atoms with van der Waals surface area (Å²) >= 11 is 0. The highest BCUT2D eigenvalue weighted by Gasteiger charge is 2.06. The van der Waals surface area contributed by atoms with Crippen LogP contribution in [0.2, 0.25) is 0 Å². The van der Waals surface area contributed by atoms with Crippen LogP contribution in [0.1, 0.15) is 26.7 Å². The smallest absolute Gasteiger partial charge is 0.225 e. The number of benzene rings is 1. The monoisotopic (exact) mass is 275 g/mol. The highest BCUT2D eigenvalue weighted by molar-refractivity contribution is 5.91. The molecule has 0 radical (unpaired) electrons. The molecule has 0 spiro atoms. The van der Waals surface area contributed by atoms with Gasteiger partial charge in [-0.1, -0.05) is 26.5 Å². The minimum absolute atomic E-state index is 0.0512.